The zero-order chi connectivity index (χ0) is 17.5. The Kier molecular flexibility index (Phi) is 6.52. The Labute approximate surface area is 154 Å². The molecule has 0 unspecified atom stereocenters. The van der Waals surface area contributed by atoms with Gasteiger partial charge in [-0.3, -0.25) is 10.9 Å². The van der Waals surface area contributed by atoms with Gasteiger partial charge in [-0.05, 0) is 74.0 Å². The third-order valence-corrected chi connectivity index (χ3v) is 3.92. The van der Waals surface area contributed by atoms with Crippen molar-refractivity contribution in [3.8, 4) is 0 Å². The average molecular weight is 359 g/mol. The highest BCUT2D eigenvalue weighted by Gasteiger charge is 2.03. The van der Waals surface area contributed by atoms with Gasteiger partial charge in [0.2, 0.25) is 0 Å². The number of nitrogens with one attached hydrogen (secondary N) is 4. The number of benzene rings is 2. The van der Waals surface area contributed by atoms with Crippen molar-refractivity contribution >= 4 is 46.0 Å². The smallest absolute Gasteiger partial charge is 0.189 e. The minimum absolute atomic E-state index is 0.452. The second-order valence-electron chi connectivity index (χ2n) is 5.53. The van der Waals surface area contributed by atoms with Crippen LogP contribution in [0, 0.1) is 13.8 Å². The lowest BCUT2D eigenvalue weighted by Crippen LogP contribution is -2.45. The largest absolute Gasteiger partial charge is 0.331 e. The molecule has 4 N–H and O–H groups in total. The molecule has 0 bridgehead atoms. The Morgan fingerprint density at radius 3 is 2.29 bits per heavy atom. The standard InChI is InChI=1S/C18H22N4S2/c1-4-14-6-5-7-15(11-14)19-17(23)21-22-18(24)20-16-9-8-12(2)10-13(16)3/h5-11H,4H2,1-3H3,(H2,19,21,23)(H2,20,22,24). The molecule has 0 saturated carbocycles. The minimum Gasteiger partial charge on any atom is -0.331 e. The van der Waals surface area contributed by atoms with E-state index in [4.69, 9.17) is 24.4 Å². The Hall–Kier alpha value is -2.18. The second kappa shape index (κ2) is 8.61. The molecule has 0 spiro atoms. The maximum atomic E-state index is 5.28. The number of anilines is 2. The molecular weight excluding hydrogens is 336 g/mol. The Morgan fingerprint density at radius 2 is 1.62 bits per heavy atom. The number of hydrogen-bond donors (Lipinski definition) is 4. The summed E-state index contributed by atoms with van der Waals surface area (Å²) in [5, 5.41) is 7.17. The van der Waals surface area contributed by atoms with E-state index in [2.05, 4.69) is 53.5 Å². The van der Waals surface area contributed by atoms with Gasteiger partial charge < -0.3 is 10.6 Å². The highest BCUT2D eigenvalue weighted by Crippen LogP contribution is 2.15. The van der Waals surface area contributed by atoms with Gasteiger partial charge in [0.25, 0.3) is 0 Å². The van der Waals surface area contributed by atoms with E-state index in [9.17, 15) is 0 Å². The van der Waals surface area contributed by atoms with E-state index in [1.54, 1.807) is 0 Å². The molecule has 0 aliphatic rings. The molecule has 2 rings (SSSR count). The fourth-order valence-corrected chi connectivity index (χ4v) is 2.58. The minimum atomic E-state index is 0.452. The van der Waals surface area contributed by atoms with Crippen LogP contribution in [0.2, 0.25) is 0 Å². The zero-order valence-corrected chi connectivity index (χ0v) is 15.7. The lowest BCUT2D eigenvalue weighted by molar-refractivity contribution is 0.885. The normalized spacial score (nSPS) is 9.96. The van der Waals surface area contributed by atoms with Gasteiger partial charge in [-0.2, -0.15) is 0 Å². The Balaban J connectivity index is 1.83. The van der Waals surface area contributed by atoms with Crippen LogP contribution in [-0.4, -0.2) is 10.2 Å². The summed E-state index contributed by atoms with van der Waals surface area (Å²) in [6, 6.07) is 14.3. The van der Waals surface area contributed by atoms with Gasteiger partial charge in [0.05, 0.1) is 0 Å². The zero-order valence-electron chi connectivity index (χ0n) is 14.1. The van der Waals surface area contributed by atoms with E-state index in [-0.39, 0.29) is 0 Å². The lowest BCUT2D eigenvalue weighted by Gasteiger charge is -2.15. The van der Waals surface area contributed by atoms with Crippen molar-refractivity contribution in [1.82, 2.24) is 10.9 Å². The molecule has 0 amide bonds. The van der Waals surface area contributed by atoms with Crippen molar-refractivity contribution < 1.29 is 0 Å². The first-order valence-corrected chi connectivity index (χ1v) is 8.59. The number of hydrazine groups is 1. The summed E-state index contributed by atoms with van der Waals surface area (Å²) in [6.07, 6.45) is 0.984. The summed E-state index contributed by atoms with van der Waals surface area (Å²) < 4.78 is 0. The molecule has 0 aromatic heterocycles. The second-order valence-corrected chi connectivity index (χ2v) is 6.35. The van der Waals surface area contributed by atoms with Gasteiger partial charge in [0.1, 0.15) is 0 Å². The summed E-state index contributed by atoms with van der Waals surface area (Å²) in [5.74, 6) is 0. The van der Waals surface area contributed by atoms with Crippen molar-refractivity contribution in [2.24, 2.45) is 0 Å². The van der Waals surface area contributed by atoms with Gasteiger partial charge >= 0.3 is 0 Å². The van der Waals surface area contributed by atoms with Gasteiger partial charge in [-0.15, -0.1) is 0 Å². The monoisotopic (exact) mass is 358 g/mol. The lowest BCUT2D eigenvalue weighted by atomic mass is 10.1. The summed E-state index contributed by atoms with van der Waals surface area (Å²) >= 11 is 10.5. The summed E-state index contributed by atoms with van der Waals surface area (Å²) in [4.78, 5) is 0. The molecule has 126 valence electrons. The molecule has 0 heterocycles. The van der Waals surface area contributed by atoms with Crippen LogP contribution in [0.4, 0.5) is 11.4 Å². The third-order valence-electron chi connectivity index (χ3n) is 3.51. The van der Waals surface area contributed by atoms with Crippen LogP contribution in [-0.2, 0) is 6.42 Å². The van der Waals surface area contributed by atoms with Crippen LogP contribution in [0.25, 0.3) is 0 Å². The van der Waals surface area contributed by atoms with Crippen LogP contribution in [0.3, 0.4) is 0 Å². The average Bonchev–Trinajstić information content (AvgIpc) is 2.56. The van der Waals surface area contributed by atoms with Crippen LogP contribution in [0.5, 0.6) is 0 Å². The molecule has 0 atom stereocenters. The number of aryl methyl sites for hydroxylation is 3. The molecule has 2 aromatic carbocycles. The molecule has 0 aliphatic heterocycles. The molecule has 24 heavy (non-hydrogen) atoms. The fraction of sp³-hybridized carbons (Fsp3) is 0.222. The van der Waals surface area contributed by atoms with E-state index >= 15 is 0 Å². The van der Waals surface area contributed by atoms with Crippen LogP contribution < -0.4 is 21.5 Å². The topological polar surface area (TPSA) is 48.1 Å². The SMILES string of the molecule is CCc1cccc(NC(=S)NNC(=S)Nc2ccc(C)cc2C)c1. The summed E-state index contributed by atoms with van der Waals surface area (Å²) in [6.45, 7) is 6.22. The quantitative estimate of drug-likeness (QED) is 0.490. The van der Waals surface area contributed by atoms with E-state index in [1.165, 1.54) is 11.1 Å². The van der Waals surface area contributed by atoms with Gasteiger partial charge in [0.15, 0.2) is 10.2 Å². The van der Waals surface area contributed by atoms with Crippen molar-refractivity contribution in [2.45, 2.75) is 27.2 Å². The van der Waals surface area contributed by atoms with Gasteiger partial charge in [-0.25, -0.2) is 0 Å². The molecule has 2 aromatic rings. The van der Waals surface area contributed by atoms with Crippen molar-refractivity contribution in [3.63, 3.8) is 0 Å². The predicted molar refractivity (Wildman–Crippen MR) is 110 cm³/mol. The van der Waals surface area contributed by atoms with E-state index in [1.807, 2.05) is 31.2 Å². The van der Waals surface area contributed by atoms with Crippen molar-refractivity contribution in [1.29, 1.82) is 0 Å². The molecule has 6 heteroatoms. The van der Waals surface area contributed by atoms with Gasteiger partial charge in [0, 0.05) is 11.4 Å². The molecule has 0 fully saturated rings. The molecule has 0 aliphatic carbocycles. The van der Waals surface area contributed by atoms with E-state index in [0.29, 0.717) is 10.2 Å². The highest BCUT2D eigenvalue weighted by molar-refractivity contribution is 7.81. The first-order valence-electron chi connectivity index (χ1n) is 7.78. The molecule has 0 saturated heterocycles. The molecule has 0 radical (unpaired) electrons. The molecule has 4 nitrogen and oxygen atoms in total. The Morgan fingerprint density at radius 1 is 0.917 bits per heavy atom. The van der Waals surface area contributed by atoms with E-state index in [0.717, 1.165) is 23.4 Å². The maximum absolute atomic E-state index is 5.28. The number of rotatable bonds is 3. The van der Waals surface area contributed by atoms with Crippen LogP contribution in [0.15, 0.2) is 42.5 Å². The van der Waals surface area contributed by atoms with Crippen LogP contribution in [0.1, 0.15) is 23.6 Å². The highest BCUT2D eigenvalue weighted by atomic mass is 32.1. The molecular formula is C18H22N4S2. The van der Waals surface area contributed by atoms with Crippen molar-refractivity contribution in [3.05, 3.63) is 59.2 Å². The fourth-order valence-electron chi connectivity index (χ4n) is 2.25. The Bertz CT molecular complexity index is 744. The van der Waals surface area contributed by atoms with E-state index < -0.39 is 0 Å². The number of hydrogen-bond acceptors (Lipinski definition) is 2. The predicted octanol–water partition coefficient (Wildman–Crippen LogP) is 4.05. The van der Waals surface area contributed by atoms with Crippen molar-refractivity contribution in [2.75, 3.05) is 10.6 Å². The van der Waals surface area contributed by atoms with Gasteiger partial charge in [-0.1, -0.05) is 36.8 Å². The maximum Gasteiger partial charge on any atom is 0.189 e. The summed E-state index contributed by atoms with van der Waals surface area (Å²) in [5.41, 5.74) is 11.3. The summed E-state index contributed by atoms with van der Waals surface area (Å²) in [7, 11) is 0. The van der Waals surface area contributed by atoms with Crippen LogP contribution >= 0.6 is 24.4 Å². The number of thiocarbonyl (C=S) groups is 2. The first-order chi connectivity index (χ1) is 11.5. The first kappa shape index (κ1) is 18.2. The third kappa shape index (κ3) is 5.47.